The number of nitrogens with zero attached hydrogens (tertiary/aromatic N) is 8. The number of carbonyl (C=O) groups excluding carboxylic acids is 1. The maximum atomic E-state index is 13.9. The van der Waals surface area contributed by atoms with Crippen molar-refractivity contribution >= 4 is 74.7 Å². The van der Waals surface area contributed by atoms with E-state index in [1.807, 2.05) is 69.4 Å². The van der Waals surface area contributed by atoms with E-state index in [1.54, 1.807) is 24.2 Å². The molecule has 3 aromatic heterocycles. The topological polar surface area (TPSA) is 161 Å². The third kappa shape index (κ3) is 9.87. The number of aromatic nitrogens is 5. The fourth-order valence-electron chi connectivity index (χ4n) is 7.73. The number of pyridine rings is 1. The summed E-state index contributed by atoms with van der Waals surface area (Å²) in [6, 6.07) is 11.5. The molecule has 2 saturated heterocycles. The highest BCUT2D eigenvalue weighted by atomic mass is 79.9. The van der Waals surface area contributed by atoms with E-state index in [9.17, 15) is 9.36 Å². The molecule has 2 aromatic carbocycles. The number of amides is 1. The molecule has 0 saturated carbocycles. The van der Waals surface area contributed by atoms with Gasteiger partial charge in [-0.3, -0.25) is 19.1 Å². The Hall–Kier alpha value is -4.80. The number of aryl methyl sites for hydroxylation is 1. The minimum atomic E-state index is -3.74. The average molecular weight is 906 g/mol. The first kappa shape index (κ1) is 43.3. The second-order valence-electron chi connectivity index (χ2n) is 16.0. The third-order valence-electron chi connectivity index (χ3n) is 10.9. The van der Waals surface area contributed by atoms with Crippen LogP contribution in [-0.2, 0) is 25.4 Å². The minimum absolute atomic E-state index is 0.207. The molecule has 0 spiro atoms. The zero-order valence-corrected chi connectivity index (χ0v) is 37.8. The lowest BCUT2D eigenvalue weighted by atomic mass is 9.93. The molecule has 7 rings (SSSR count). The number of hydrogen-bond donors (Lipinski definition) is 2. The number of hydrogen-bond acceptors (Lipinski definition) is 14. The average Bonchev–Trinajstić information content (AvgIpc) is 3.69. The highest BCUT2D eigenvalue weighted by molar-refractivity contribution is 9.10. The Morgan fingerprint density at radius 2 is 1.67 bits per heavy atom. The SMILES string of the molecule is COc1cc(N2CCN(CCC3CCN(C(=O)OC(C)(C)C)CC3)CC2)c(-c2cnn(C)c2)cc1Nc1ncc(Br)c(Nc2cnc3ccccc3c2P(=O)(OC)OC)n1. The van der Waals surface area contributed by atoms with Crippen molar-refractivity contribution < 1.29 is 27.9 Å². The maximum absolute atomic E-state index is 13.9. The number of halogens is 1. The van der Waals surface area contributed by atoms with Crippen LogP contribution in [0.3, 0.4) is 0 Å². The molecule has 2 aliphatic rings. The molecule has 0 atom stereocenters. The lowest BCUT2D eigenvalue weighted by molar-refractivity contribution is 0.0177. The van der Waals surface area contributed by atoms with Crippen molar-refractivity contribution in [2.24, 2.45) is 13.0 Å². The molecule has 320 valence electrons. The molecule has 16 nitrogen and oxygen atoms in total. The normalized spacial score (nSPS) is 15.7. The Morgan fingerprint density at radius 1 is 0.933 bits per heavy atom. The summed E-state index contributed by atoms with van der Waals surface area (Å²) >= 11 is 3.58. The van der Waals surface area contributed by atoms with Gasteiger partial charge < -0.3 is 39.0 Å². The maximum Gasteiger partial charge on any atom is 0.410 e. The standard InChI is InChI=1S/C42H54BrN10O6P/c1-42(2,3)59-41(54)53-16-13-28(14-17-53)12-15-51-18-20-52(21-19-51)36-23-37(56-5)34(22-31(36)29-24-46-50(4)27-29)48-40-45-25-32(43)39(49-40)47-35-26-44-33-11-9-8-10-30(33)38(35)60(55,57-6)58-7/h8-11,22-28H,12-21H2,1-7H3,(H2,45,47,48,49). The second-order valence-corrected chi connectivity index (χ2v) is 19.1. The van der Waals surface area contributed by atoms with Gasteiger partial charge in [0.1, 0.15) is 17.2 Å². The van der Waals surface area contributed by atoms with Crippen molar-refractivity contribution in [1.82, 2.24) is 34.5 Å². The Morgan fingerprint density at radius 3 is 2.33 bits per heavy atom. The fraction of sp³-hybridized carbons (Fsp3) is 0.452. The largest absolute Gasteiger partial charge is 0.494 e. The second kappa shape index (κ2) is 18.4. The Kier molecular flexibility index (Phi) is 13.3. The number of nitrogens with one attached hydrogen (secondary N) is 2. The summed E-state index contributed by atoms with van der Waals surface area (Å²) in [6.45, 7) is 11.9. The van der Waals surface area contributed by atoms with Gasteiger partial charge in [0.05, 0.1) is 46.2 Å². The first-order chi connectivity index (χ1) is 28.8. The number of rotatable bonds is 13. The zero-order valence-electron chi connectivity index (χ0n) is 35.3. The van der Waals surface area contributed by atoms with Crippen molar-refractivity contribution in [2.45, 2.75) is 45.6 Å². The van der Waals surface area contributed by atoms with Crippen LogP contribution in [0.5, 0.6) is 5.75 Å². The summed E-state index contributed by atoms with van der Waals surface area (Å²) in [5, 5.41) is 12.1. The van der Waals surface area contributed by atoms with Crippen LogP contribution in [-0.4, -0.2) is 113 Å². The molecule has 0 radical (unpaired) electrons. The summed E-state index contributed by atoms with van der Waals surface area (Å²) in [6.07, 6.45) is 10.0. The fourth-order valence-corrected chi connectivity index (χ4v) is 9.43. The van der Waals surface area contributed by atoms with Gasteiger partial charge in [0.15, 0.2) is 0 Å². The van der Waals surface area contributed by atoms with Gasteiger partial charge >= 0.3 is 13.7 Å². The number of anilines is 5. The van der Waals surface area contributed by atoms with E-state index < -0.39 is 13.2 Å². The van der Waals surface area contributed by atoms with Crippen molar-refractivity contribution in [3.05, 3.63) is 65.7 Å². The summed E-state index contributed by atoms with van der Waals surface area (Å²) < 4.78 is 38.7. The van der Waals surface area contributed by atoms with E-state index in [2.05, 4.69) is 63.6 Å². The van der Waals surface area contributed by atoms with Crippen molar-refractivity contribution in [3.63, 3.8) is 0 Å². The molecular formula is C42H54BrN10O6P. The van der Waals surface area contributed by atoms with Crippen LogP contribution < -0.4 is 25.6 Å². The van der Waals surface area contributed by atoms with Crippen LogP contribution in [0.2, 0.25) is 0 Å². The predicted molar refractivity (Wildman–Crippen MR) is 238 cm³/mol. The smallest absolute Gasteiger partial charge is 0.410 e. The highest BCUT2D eigenvalue weighted by Gasteiger charge is 2.32. The number of likely N-dealkylation sites (tertiary alicyclic amines) is 1. The quantitative estimate of drug-likeness (QED) is 0.110. The Balaban J connectivity index is 1.07. The number of ether oxygens (including phenoxy) is 2. The van der Waals surface area contributed by atoms with Crippen molar-refractivity contribution in [2.75, 3.05) is 82.7 Å². The van der Waals surface area contributed by atoms with Crippen LogP contribution >= 0.6 is 23.5 Å². The number of piperazine rings is 1. The van der Waals surface area contributed by atoms with Gasteiger partial charge in [-0.15, -0.1) is 0 Å². The number of piperidine rings is 1. The van der Waals surface area contributed by atoms with E-state index in [0.29, 0.717) is 55.5 Å². The molecule has 2 fully saturated rings. The van der Waals surface area contributed by atoms with Gasteiger partial charge in [-0.25, -0.2) is 9.78 Å². The molecule has 1 amide bonds. The van der Waals surface area contributed by atoms with E-state index in [1.165, 1.54) is 14.2 Å². The lowest BCUT2D eigenvalue weighted by Gasteiger charge is -2.38. The summed E-state index contributed by atoms with van der Waals surface area (Å²) in [5.41, 5.74) is 4.25. The summed E-state index contributed by atoms with van der Waals surface area (Å²) in [4.78, 5) is 33.3. The summed E-state index contributed by atoms with van der Waals surface area (Å²) in [7, 11) is 2.53. The molecule has 0 unspecified atom stereocenters. The predicted octanol–water partition coefficient (Wildman–Crippen LogP) is 7.95. The molecule has 2 aliphatic heterocycles. The van der Waals surface area contributed by atoms with Crippen molar-refractivity contribution in [3.8, 4) is 16.9 Å². The van der Waals surface area contributed by atoms with Gasteiger partial charge in [0, 0.05) is 101 Å². The Bertz CT molecular complexity index is 2350. The van der Waals surface area contributed by atoms with Crippen molar-refractivity contribution in [1.29, 1.82) is 0 Å². The van der Waals surface area contributed by atoms with Gasteiger partial charge in [-0.1, -0.05) is 18.2 Å². The van der Waals surface area contributed by atoms with Gasteiger partial charge in [-0.2, -0.15) is 10.1 Å². The van der Waals surface area contributed by atoms with Crippen LogP contribution in [0.4, 0.5) is 33.6 Å². The van der Waals surface area contributed by atoms with Gasteiger partial charge in [0.2, 0.25) is 5.95 Å². The molecule has 5 heterocycles. The van der Waals surface area contributed by atoms with E-state index in [4.69, 9.17) is 23.5 Å². The Labute approximate surface area is 359 Å². The van der Waals surface area contributed by atoms with Gasteiger partial charge in [0.25, 0.3) is 0 Å². The minimum Gasteiger partial charge on any atom is -0.494 e. The first-order valence-electron chi connectivity index (χ1n) is 20.1. The molecular weight excluding hydrogens is 851 g/mol. The van der Waals surface area contributed by atoms with Gasteiger partial charge in [-0.05, 0) is 80.6 Å². The van der Waals surface area contributed by atoms with Crippen LogP contribution in [0, 0.1) is 5.92 Å². The van der Waals surface area contributed by atoms with Crippen LogP contribution in [0.1, 0.15) is 40.0 Å². The number of benzene rings is 2. The lowest BCUT2D eigenvalue weighted by Crippen LogP contribution is -2.47. The van der Waals surface area contributed by atoms with E-state index in [0.717, 1.165) is 81.9 Å². The number of carbonyl (C=O) groups is 1. The monoisotopic (exact) mass is 904 g/mol. The molecule has 0 bridgehead atoms. The number of fused-ring (bicyclic) bond motifs is 1. The molecule has 0 aliphatic carbocycles. The van der Waals surface area contributed by atoms with E-state index in [-0.39, 0.29) is 6.09 Å². The highest BCUT2D eigenvalue weighted by Crippen LogP contribution is 2.49. The third-order valence-corrected chi connectivity index (χ3v) is 13.5. The first-order valence-corrected chi connectivity index (χ1v) is 22.4. The van der Waals surface area contributed by atoms with Crippen LogP contribution in [0.25, 0.3) is 22.0 Å². The number of para-hydroxylation sites is 1. The number of methoxy groups -OCH3 is 1. The molecule has 5 aromatic rings. The molecule has 18 heteroatoms. The van der Waals surface area contributed by atoms with Crippen LogP contribution in [0.15, 0.2) is 65.7 Å². The van der Waals surface area contributed by atoms with E-state index >= 15 is 0 Å². The molecule has 2 N–H and O–H groups in total. The molecule has 60 heavy (non-hydrogen) atoms. The zero-order chi connectivity index (χ0) is 42.6. The summed E-state index contributed by atoms with van der Waals surface area (Å²) in [5.74, 6) is 1.92.